The van der Waals surface area contributed by atoms with Gasteiger partial charge in [0.2, 0.25) is 0 Å². The molecule has 1 fully saturated rings. The molecule has 3 rings (SSSR count). The van der Waals surface area contributed by atoms with E-state index >= 15 is 0 Å². The molecule has 1 aliphatic rings. The van der Waals surface area contributed by atoms with Gasteiger partial charge in [0.1, 0.15) is 5.75 Å². The number of benzene rings is 1. The summed E-state index contributed by atoms with van der Waals surface area (Å²) in [5.74, 6) is 0.809. The summed E-state index contributed by atoms with van der Waals surface area (Å²) in [5.41, 5.74) is 2.08. The van der Waals surface area contributed by atoms with Gasteiger partial charge in [-0.3, -0.25) is 9.89 Å². The van der Waals surface area contributed by atoms with E-state index in [0.717, 1.165) is 30.8 Å². The Morgan fingerprint density at radius 2 is 2.25 bits per heavy atom. The highest BCUT2D eigenvalue weighted by molar-refractivity contribution is 6.32. The molecule has 0 aliphatic carbocycles. The molecule has 1 aliphatic heterocycles. The van der Waals surface area contributed by atoms with Crippen LogP contribution in [0.1, 0.15) is 37.1 Å². The maximum atomic E-state index is 12.7. The number of hydrogen-bond donors (Lipinski definition) is 1. The van der Waals surface area contributed by atoms with E-state index in [1.807, 2.05) is 24.0 Å². The van der Waals surface area contributed by atoms with Crippen molar-refractivity contribution in [3.8, 4) is 5.75 Å². The number of likely N-dealkylation sites (tertiary alicyclic amines) is 1. The SMILES string of the molecule is Cc1cc(C2CCCN(C(=O)C(C)Oc3ccccc3Cl)C2)n[nH]1. The lowest BCUT2D eigenvalue weighted by molar-refractivity contribution is -0.139. The van der Waals surface area contributed by atoms with Gasteiger partial charge in [-0.1, -0.05) is 23.7 Å². The van der Waals surface area contributed by atoms with Gasteiger partial charge >= 0.3 is 0 Å². The molecule has 5 nitrogen and oxygen atoms in total. The molecule has 128 valence electrons. The summed E-state index contributed by atoms with van der Waals surface area (Å²) >= 11 is 6.10. The zero-order valence-corrected chi connectivity index (χ0v) is 14.7. The van der Waals surface area contributed by atoms with Crippen molar-refractivity contribution in [1.82, 2.24) is 15.1 Å². The highest BCUT2D eigenvalue weighted by Crippen LogP contribution is 2.28. The van der Waals surface area contributed by atoms with E-state index in [2.05, 4.69) is 16.3 Å². The third-order valence-corrected chi connectivity index (χ3v) is 4.68. The number of H-pyrrole nitrogens is 1. The van der Waals surface area contributed by atoms with Crippen molar-refractivity contribution < 1.29 is 9.53 Å². The number of halogens is 1. The normalized spacial score (nSPS) is 19.1. The van der Waals surface area contributed by atoms with Crippen molar-refractivity contribution >= 4 is 17.5 Å². The standard InChI is InChI=1S/C18H22ClN3O2/c1-12-10-16(21-20-12)14-6-5-9-22(11-14)18(23)13(2)24-17-8-4-3-7-15(17)19/h3-4,7-8,10,13-14H,5-6,9,11H2,1-2H3,(H,20,21). The van der Waals surface area contributed by atoms with E-state index in [0.29, 0.717) is 17.3 Å². The van der Waals surface area contributed by atoms with E-state index in [9.17, 15) is 4.79 Å². The van der Waals surface area contributed by atoms with Crippen molar-refractivity contribution in [3.05, 3.63) is 46.7 Å². The van der Waals surface area contributed by atoms with E-state index in [4.69, 9.17) is 16.3 Å². The van der Waals surface area contributed by atoms with E-state index in [1.54, 1.807) is 19.1 Å². The molecule has 1 N–H and O–H groups in total. The third-order valence-electron chi connectivity index (χ3n) is 4.37. The number of aromatic nitrogens is 2. The van der Waals surface area contributed by atoms with Crippen LogP contribution in [0.25, 0.3) is 0 Å². The number of rotatable bonds is 4. The van der Waals surface area contributed by atoms with Crippen LogP contribution in [0.5, 0.6) is 5.75 Å². The van der Waals surface area contributed by atoms with Gasteiger partial charge in [-0.2, -0.15) is 5.10 Å². The van der Waals surface area contributed by atoms with Crippen molar-refractivity contribution in [2.75, 3.05) is 13.1 Å². The topological polar surface area (TPSA) is 58.2 Å². The Hall–Kier alpha value is -2.01. The quantitative estimate of drug-likeness (QED) is 0.920. The summed E-state index contributed by atoms with van der Waals surface area (Å²) in [6.45, 7) is 5.20. The number of nitrogens with one attached hydrogen (secondary N) is 1. The lowest BCUT2D eigenvalue weighted by Gasteiger charge is -2.33. The molecule has 6 heteroatoms. The highest BCUT2D eigenvalue weighted by atomic mass is 35.5. The van der Waals surface area contributed by atoms with Crippen LogP contribution in [-0.4, -0.2) is 40.2 Å². The molecule has 1 saturated heterocycles. The van der Waals surface area contributed by atoms with Gasteiger partial charge in [-0.05, 0) is 44.9 Å². The third kappa shape index (κ3) is 3.73. The minimum atomic E-state index is -0.565. The molecule has 2 heterocycles. The van der Waals surface area contributed by atoms with Gasteiger partial charge < -0.3 is 9.64 Å². The first-order valence-electron chi connectivity index (χ1n) is 8.26. The minimum Gasteiger partial charge on any atom is -0.479 e. The molecule has 2 unspecified atom stereocenters. The molecule has 1 aromatic heterocycles. The van der Waals surface area contributed by atoms with Gasteiger partial charge in [0.05, 0.1) is 10.7 Å². The van der Waals surface area contributed by atoms with E-state index in [1.165, 1.54) is 0 Å². The number of aromatic amines is 1. The number of nitrogens with zero attached hydrogens (tertiary/aromatic N) is 2. The second-order valence-electron chi connectivity index (χ2n) is 6.29. The minimum absolute atomic E-state index is 0.00752. The second kappa shape index (κ2) is 7.26. The Morgan fingerprint density at radius 1 is 1.46 bits per heavy atom. The first-order chi connectivity index (χ1) is 11.5. The maximum Gasteiger partial charge on any atom is 0.263 e. The Balaban J connectivity index is 1.64. The molecule has 0 saturated carbocycles. The van der Waals surface area contributed by atoms with Crippen LogP contribution < -0.4 is 4.74 Å². The molecule has 2 aromatic rings. The highest BCUT2D eigenvalue weighted by Gasteiger charge is 2.29. The predicted octanol–water partition coefficient (Wildman–Crippen LogP) is 3.55. The first kappa shape index (κ1) is 16.8. The maximum absolute atomic E-state index is 12.7. The summed E-state index contributed by atoms with van der Waals surface area (Å²) in [4.78, 5) is 14.6. The van der Waals surface area contributed by atoms with Crippen molar-refractivity contribution in [1.29, 1.82) is 0 Å². The Bertz CT molecular complexity index is 716. The summed E-state index contributed by atoms with van der Waals surface area (Å²) in [5, 5.41) is 7.84. The van der Waals surface area contributed by atoms with Crippen LogP contribution in [0.3, 0.4) is 0 Å². The van der Waals surface area contributed by atoms with Crippen molar-refractivity contribution in [2.24, 2.45) is 0 Å². The number of amides is 1. The molecule has 0 bridgehead atoms. The fourth-order valence-electron chi connectivity index (χ4n) is 3.11. The number of para-hydroxylation sites is 1. The number of carbonyl (C=O) groups is 1. The number of carbonyl (C=O) groups excluding carboxylic acids is 1. The molecule has 1 amide bonds. The van der Waals surface area contributed by atoms with Crippen LogP contribution in [-0.2, 0) is 4.79 Å². The first-order valence-corrected chi connectivity index (χ1v) is 8.64. The Morgan fingerprint density at radius 3 is 2.96 bits per heavy atom. The average Bonchev–Trinajstić information content (AvgIpc) is 3.03. The largest absolute Gasteiger partial charge is 0.479 e. The average molecular weight is 348 g/mol. The van der Waals surface area contributed by atoms with Crippen LogP contribution >= 0.6 is 11.6 Å². The monoisotopic (exact) mass is 347 g/mol. The Kier molecular flexibility index (Phi) is 5.09. The van der Waals surface area contributed by atoms with Crippen molar-refractivity contribution in [3.63, 3.8) is 0 Å². The van der Waals surface area contributed by atoms with Gasteiger partial charge in [-0.25, -0.2) is 0 Å². The Labute approximate surface area is 147 Å². The van der Waals surface area contributed by atoms with Crippen LogP contribution in [0.15, 0.2) is 30.3 Å². The van der Waals surface area contributed by atoms with Crippen LogP contribution in [0, 0.1) is 6.92 Å². The molecule has 24 heavy (non-hydrogen) atoms. The molecule has 2 atom stereocenters. The summed E-state index contributed by atoms with van der Waals surface area (Å²) in [6.07, 6.45) is 1.46. The van der Waals surface area contributed by atoms with Crippen LogP contribution in [0.4, 0.5) is 0 Å². The summed E-state index contributed by atoms with van der Waals surface area (Å²) in [6, 6.07) is 9.27. The summed E-state index contributed by atoms with van der Waals surface area (Å²) in [7, 11) is 0. The second-order valence-corrected chi connectivity index (χ2v) is 6.70. The van der Waals surface area contributed by atoms with Gasteiger partial charge in [0, 0.05) is 24.7 Å². The summed E-state index contributed by atoms with van der Waals surface area (Å²) < 4.78 is 5.76. The molecular weight excluding hydrogens is 326 g/mol. The van der Waals surface area contributed by atoms with Crippen LogP contribution in [0.2, 0.25) is 5.02 Å². The fraction of sp³-hybridized carbons (Fsp3) is 0.444. The zero-order chi connectivity index (χ0) is 17.1. The van der Waals surface area contributed by atoms with Gasteiger partial charge in [0.15, 0.2) is 6.10 Å². The molecular formula is C18H22ClN3O2. The van der Waals surface area contributed by atoms with E-state index in [-0.39, 0.29) is 11.8 Å². The molecule has 1 aromatic carbocycles. The van der Waals surface area contributed by atoms with Gasteiger partial charge in [0.25, 0.3) is 5.91 Å². The smallest absolute Gasteiger partial charge is 0.263 e. The lowest BCUT2D eigenvalue weighted by atomic mass is 9.94. The number of piperidine rings is 1. The fourth-order valence-corrected chi connectivity index (χ4v) is 3.29. The van der Waals surface area contributed by atoms with Crippen molar-refractivity contribution in [2.45, 2.75) is 38.7 Å². The zero-order valence-electron chi connectivity index (χ0n) is 14.0. The molecule has 0 radical (unpaired) electrons. The predicted molar refractivity (Wildman–Crippen MR) is 93.4 cm³/mol. The number of aryl methyl sites for hydroxylation is 1. The van der Waals surface area contributed by atoms with E-state index < -0.39 is 6.10 Å². The van der Waals surface area contributed by atoms with Gasteiger partial charge in [-0.15, -0.1) is 0 Å². The molecule has 0 spiro atoms. The number of ether oxygens (including phenoxy) is 1. The lowest BCUT2D eigenvalue weighted by Crippen LogP contribution is -2.45. The number of hydrogen-bond acceptors (Lipinski definition) is 3.